The summed E-state index contributed by atoms with van der Waals surface area (Å²) in [7, 11) is -3.46. The summed E-state index contributed by atoms with van der Waals surface area (Å²) in [5, 5.41) is 11.6. The number of sulfone groups is 1. The molecule has 1 aromatic heterocycles. The lowest BCUT2D eigenvalue weighted by atomic mass is 10.0. The smallest absolute Gasteiger partial charge is 0.261 e. The highest BCUT2D eigenvalue weighted by Crippen LogP contribution is 2.44. The molecule has 9 heteroatoms. The zero-order valence-electron chi connectivity index (χ0n) is 22.6. The fourth-order valence-electron chi connectivity index (χ4n) is 4.93. The number of nitrogens with zero attached hydrogens (tertiary/aromatic N) is 2. The van der Waals surface area contributed by atoms with Crippen LogP contribution in [0.5, 0.6) is 0 Å². The van der Waals surface area contributed by atoms with Crippen LogP contribution in [0, 0.1) is 19.3 Å². The molecule has 0 bridgehead atoms. The van der Waals surface area contributed by atoms with Gasteiger partial charge in [0.2, 0.25) is 0 Å². The van der Waals surface area contributed by atoms with Gasteiger partial charge in [0, 0.05) is 29.2 Å². The second-order valence-electron chi connectivity index (χ2n) is 10.5. The molecule has 0 aliphatic carbocycles. The Kier molecular flexibility index (Phi) is 8.79. The minimum absolute atomic E-state index is 0.0776. The molecule has 5 rings (SSSR count). The highest BCUT2D eigenvalue weighted by molar-refractivity contribution is 7.98. The molecule has 0 saturated heterocycles. The lowest BCUT2D eigenvalue weighted by molar-refractivity contribution is 0.0955. The van der Waals surface area contributed by atoms with E-state index >= 15 is 0 Å². The zero-order chi connectivity index (χ0) is 28.2. The van der Waals surface area contributed by atoms with Gasteiger partial charge in [0.15, 0.2) is 15.5 Å². The predicted octanol–water partition coefficient (Wildman–Crippen LogP) is 7.31. The summed E-state index contributed by atoms with van der Waals surface area (Å²) in [6.45, 7) is 2.45. The van der Waals surface area contributed by atoms with Gasteiger partial charge in [-0.05, 0) is 79.7 Å². The summed E-state index contributed by atoms with van der Waals surface area (Å²) in [5.74, 6) is 4.20. The lowest BCUT2D eigenvalue weighted by Crippen LogP contribution is -2.21. The number of nitrogens with one attached hydrogen (secondary N) is 1. The van der Waals surface area contributed by atoms with Gasteiger partial charge in [0.05, 0.1) is 15.5 Å². The van der Waals surface area contributed by atoms with Crippen LogP contribution in [0.15, 0.2) is 63.7 Å². The molecule has 0 unspecified atom stereocenters. The second-order valence-corrected chi connectivity index (χ2v) is 14.6. The maximum absolute atomic E-state index is 13.0. The molecule has 1 N–H and O–H groups in total. The van der Waals surface area contributed by atoms with Crippen molar-refractivity contribution in [2.24, 2.45) is 10.2 Å². The van der Waals surface area contributed by atoms with Gasteiger partial charge in [-0.1, -0.05) is 35.9 Å². The summed E-state index contributed by atoms with van der Waals surface area (Å²) < 4.78 is 26.1. The van der Waals surface area contributed by atoms with Crippen molar-refractivity contribution in [2.45, 2.75) is 74.1 Å². The molecule has 0 fully saturated rings. The van der Waals surface area contributed by atoms with E-state index in [0.717, 1.165) is 66.0 Å². The van der Waals surface area contributed by atoms with Gasteiger partial charge in [0.1, 0.15) is 0 Å². The summed E-state index contributed by atoms with van der Waals surface area (Å²) in [4.78, 5) is 14.7. The molecule has 0 radical (unpaired) electrons. The molecule has 2 aliphatic rings. The first-order valence-electron chi connectivity index (χ1n) is 13.6. The van der Waals surface area contributed by atoms with Crippen LogP contribution in [0.25, 0.3) is 10.4 Å². The van der Waals surface area contributed by atoms with Crippen molar-refractivity contribution in [2.75, 3.05) is 5.75 Å². The quantitative estimate of drug-likeness (QED) is 0.167. The first kappa shape index (κ1) is 28.6. The number of hydrogen-bond acceptors (Lipinski definition) is 7. The van der Waals surface area contributed by atoms with Crippen molar-refractivity contribution in [3.63, 3.8) is 0 Å². The third-order valence-corrected chi connectivity index (χ3v) is 11.3. The minimum atomic E-state index is -3.46. The van der Waals surface area contributed by atoms with E-state index in [-0.39, 0.29) is 17.3 Å². The molecular formula is C31H33N3O3S3. The first-order valence-corrected chi connectivity index (χ1v) is 17.2. The maximum Gasteiger partial charge on any atom is 0.261 e. The fourth-order valence-corrected chi connectivity index (χ4v) is 8.68. The predicted molar refractivity (Wildman–Crippen MR) is 163 cm³/mol. The Bertz CT molecular complexity index is 1560. The molecule has 3 aromatic rings. The summed E-state index contributed by atoms with van der Waals surface area (Å²) >= 11 is 3.20. The van der Waals surface area contributed by atoms with E-state index < -0.39 is 9.84 Å². The van der Waals surface area contributed by atoms with Crippen LogP contribution >= 0.6 is 23.1 Å². The fraction of sp³-hybridized carbons (Fsp3) is 0.387. The van der Waals surface area contributed by atoms with Crippen molar-refractivity contribution in [1.29, 1.82) is 0 Å². The van der Waals surface area contributed by atoms with Crippen molar-refractivity contribution < 1.29 is 13.2 Å². The number of aryl methyl sites for hydroxylation is 1. The number of fused-ring (bicyclic) bond motifs is 3. The summed E-state index contributed by atoms with van der Waals surface area (Å²) in [6.07, 6.45) is 11.2. The van der Waals surface area contributed by atoms with Crippen molar-refractivity contribution >= 4 is 38.8 Å². The number of rotatable bonds is 13. The molecule has 0 saturated carbocycles. The zero-order valence-corrected chi connectivity index (χ0v) is 25.1. The number of hydrogen-bond donors (Lipinski definition) is 1. The Morgan fingerprint density at radius 3 is 2.58 bits per heavy atom. The molecule has 2 aliphatic heterocycles. The lowest BCUT2D eigenvalue weighted by Gasteiger charge is -2.17. The van der Waals surface area contributed by atoms with Crippen LogP contribution in [0.2, 0.25) is 0 Å². The van der Waals surface area contributed by atoms with E-state index in [9.17, 15) is 13.2 Å². The highest BCUT2D eigenvalue weighted by Gasteiger charge is 2.38. The summed E-state index contributed by atoms with van der Waals surface area (Å²) in [6, 6.07) is 15.4. The van der Waals surface area contributed by atoms with Gasteiger partial charge < -0.3 is 5.32 Å². The maximum atomic E-state index is 13.0. The van der Waals surface area contributed by atoms with E-state index in [2.05, 4.69) is 21.5 Å². The number of carbonyl (C=O) groups is 1. The van der Waals surface area contributed by atoms with Crippen molar-refractivity contribution in [3.8, 4) is 22.8 Å². The number of amides is 1. The molecular weight excluding hydrogens is 559 g/mol. The van der Waals surface area contributed by atoms with Crippen molar-refractivity contribution in [1.82, 2.24) is 5.32 Å². The highest BCUT2D eigenvalue weighted by atomic mass is 32.2. The number of thioether (sulfide) groups is 1. The monoisotopic (exact) mass is 591 g/mol. The van der Waals surface area contributed by atoms with Gasteiger partial charge in [0.25, 0.3) is 5.91 Å². The number of carbonyl (C=O) groups excluding carboxylic acids is 1. The number of unbranched alkanes of at least 4 members (excludes halogenated alkanes) is 2. The molecule has 6 nitrogen and oxygen atoms in total. The van der Waals surface area contributed by atoms with Crippen LogP contribution in [-0.2, 0) is 27.9 Å². The van der Waals surface area contributed by atoms with E-state index in [1.165, 1.54) is 16.9 Å². The van der Waals surface area contributed by atoms with Crippen molar-refractivity contribution in [3.05, 3.63) is 75.7 Å². The number of benzene rings is 2. The Morgan fingerprint density at radius 1 is 1.07 bits per heavy atom. The molecule has 208 valence electrons. The Hall–Kier alpha value is -2.93. The Balaban J connectivity index is 1.19. The third kappa shape index (κ3) is 6.85. The molecule has 2 aromatic carbocycles. The molecule has 1 amide bonds. The molecule has 0 atom stereocenters. The van der Waals surface area contributed by atoms with Gasteiger partial charge in [-0.3, -0.25) is 4.79 Å². The van der Waals surface area contributed by atoms with Crippen LogP contribution in [0.4, 0.5) is 0 Å². The van der Waals surface area contributed by atoms with Crippen LogP contribution < -0.4 is 5.32 Å². The van der Waals surface area contributed by atoms with Gasteiger partial charge >= 0.3 is 0 Å². The van der Waals surface area contributed by atoms with Gasteiger partial charge in [-0.2, -0.15) is 22.0 Å². The average molecular weight is 592 g/mol. The van der Waals surface area contributed by atoms with Crippen LogP contribution in [0.1, 0.15) is 70.5 Å². The Morgan fingerprint density at radius 2 is 1.82 bits per heavy atom. The van der Waals surface area contributed by atoms with Crippen LogP contribution in [-0.4, -0.2) is 25.7 Å². The molecule has 3 heterocycles. The second kappa shape index (κ2) is 12.3. The first-order chi connectivity index (χ1) is 19.3. The van der Waals surface area contributed by atoms with Gasteiger partial charge in [-0.15, -0.1) is 23.7 Å². The number of terminal acetylenes is 1. The Labute approximate surface area is 245 Å². The van der Waals surface area contributed by atoms with E-state index in [1.807, 2.05) is 55.1 Å². The largest absolute Gasteiger partial charge is 0.347 e. The third-order valence-electron chi connectivity index (χ3n) is 7.24. The molecule has 0 spiro atoms. The molecule has 40 heavy (non-hydrogen) atoms. The normalized spacial score (nSPS) is 15.6. The van der Waals surface area contributed by atoms with E-state index in [1.54, 1.807) is 12.1 Å². The minimum Gasteiger partial charge on any atom is -0.347 e. The SMILES string of the molecule is C#CCCCCC1(CCCSCc2ccc3c(c2)-c2sc(C(=O)NCc4ccc(C)cc4)cc2CS3(=O)=O)N=N1. The average Bonchev–Trinajstić information content (AvgIpc) is 3.58. The standard InChI is InChI=1S/C31H33N3O3S3/c1-3-4-5-6-14-31(33-34-31)15-7-16-38-20-24-12-13-28-26(17-24)29-25(21-40(28,36)37)18-27(39-29)30(35)32-19-23-10-8-22(2)9-11-23/h1,8-13,17-18H,4-7,14-16,19-21H2,2H3,(H,32,35). The summed E-state index contributed by atoms with van der Waals surface area (Å²) in [5.41, 5.74) is 4.51. The number of thiophene rings is 1. The topological polar surface area (TPSA) is 88.0 Å². The van der Waals surface area contributed by atoms with Crippen LogP contribution in [0.3, 0.4) is 0 Å². The van der Waals surface area contributed by atoms with Gasteiger partial charge in [-0.25, -0.2) is 8.42 Å². The van der Waals surface area contributed by atoms with E-state index in [4.69, 9.17) is 6.42 Å². The van der Waals surface area contributed by atoms with E-state index in [0.29, 0.717) is 27.4 Å².